The number of hydrogen-bond acceptors (Lipinski definition) is 2. The Labute approximate surface area is 133 Å². The average Bonchev–Trinajstić information content (AvgIpc) is 2.45. The Morgan fingerprint density at radius 2 is 2.10 bits per heavy atom. The largest absolute Gasteiger partial charge is 0.213 e. The van der Waals surface area contributed by atoms with E-state index in [1.807, 2.05) is 12.1 Å². The Morgan fingerprint density at radius 1 is 1.38 bits per heavy atom. The summed E-state index contributed by atoms with van der Waals surface area (Å²) in [5.74, 6) is 1.29. The number of sulfonamides is 1. The fourth-order valence-corrected chi connectivity index (χ4v) is 4.48. The van der Waals surface area contributed by atoms with E-state index in [0.717, 1.165) is 19.3 Å². The predicted octanol–water partition coefficient (Wildman–Crippen LogP) is 3.38. The van der Waals surface area contributed by atoms with E-state index in [-0.39, 0.29) is 0 Å². The molecular weight excluding hydrogens is 306 g/mol. The van der Waals surface area contributed by atoms with Gasteiger partial charge < -0.3 is 0 Å². The van der Waals surface area contributed by atoms with Gasteiger partial charge in [0.2, 0.25) is 10.0 Å². The lowest BCUT2D eigenvalue weighted by Gasteiger charge is -2.33. The minimum absolute atomic E-state index is 0.303. The molecule has 0 spiro atoms. The Kier molecular flexibility index (Phi) is 5.69. The molecule has 5 heteroatoms. The predicted molar refractivity (Wildman–Crippen MR) is 88.4 cm³/mol. The second-order valence-corrected chi connectivity index (χ2v) is 8.36. The molecule has 0 aromatic heterocycles. The highest BCUT2D eigenvalue weighted by Crippen LogP contribution is 2.32. The van der Waals surface area contributed by atoms with Gasteiger partial charge in [-0.2, -0.15) is 0 Å². The lowest BCUT2D eigenvalue weighted by atomic mass is 9.85. The first kappa shape index (κ1) is 16.8. The van der Waals surface area contributed by atoms with Gasteiger partial charge in [0.25, 0.3) is 0 Å². The summed E-state index contributed by atoms with van der Waals surface area (Å²) < 4.78 is 25.0. The van der Waals surface area contributed by atoms with E-state index in [9.17, 15) is 8.42 Å². The molecule has 21 heavy (non-hydrogen) atoms. The number of benzene rings is 1. The molecule has 2 atom stereocenters. The summed E-state index contributed by atoms with van der Waals surface area (Å²) in [6.07, 6.45) is 4.29. The molecule has 2 unspecified atom stereocenters. The Morgan fingerprint density at radius 3 is 2.71 bits per heavy atom. The normalized spacial score (nSPS) is 22.1. The van der Waals surface area contributed by atoms with Gasteiger partial charge in [0.05, 0.1) is 6.26 Å². The van der Waals surface area contributed by atoms with Crippen molar-refractivity contribution in [1.82, 2.24) is 4.31 Å². The maximum Gasteiger partial charge on any atom is 0.211 e. The topological polar surface area (TPSA) is 37.4 Å². The van der Waals surface area contributed by atoms with E-state index < -0.39 is 10.0 Å². The van der Waals surface area contributed by atoms with E-state index in [4.69, 9.17) is 11.6 Å². The zero-order valence-electron chi connectivity index (χ0n) is 12.8. The highest BCUT2D eigenvalue weighted by atomic mass is 35.5. The van der Waals surface area contributed by atoms with Gasteiger partial charge >= 0.3 is 0 Å². The van der Waals surface area contributed by atoms with Crippen molar-refractivity contribution >= 4 is 21.6 Å². The standard InChI is InChI=1S/C16H24ClNO2S/c1-13-6-3-4-8-16(13)15(11-17)10-14-7-5-9-18(12-14)21(2,19)20/h3-4,6,8,14-15H,5,7,9-12H2,1-2H3. The van der Waals surface area contributed by atoms with Gasteiger partial charge in [0.1, 0.15) is 0 Å². The Bertz CT molecular complexity index is 573. The van der Waals surface area contributed by atoms with Gasteiger partial charge in [-0.05, 0) is 49.1 Å². The lowest BCUT2D eigenvalue weighted by molar-refractivity contribution is 0.249. The van der Waals surface area contributed by atoms with Crippen LogP contribution in [0.2, 0.25) is 0 Å². The van der Waals surface area contributed by atoms with Gasteiger partial charge in [-0.3, -0.25) is 0 Å². The molecule has 1 aliphatic heterocycles. The molecule has 1 fully saturated rings. The molecule has 1 aliphatic rings. The summed E-state index contributed by atoms with van der Waals surface area (Å²) in [6, 6.07) is 8.33. The molecule has 0 saturated carbocycles. The molecule has 0 bridgehead atoms. The van der Waals surface area contributed by atoms with Crippen LogP contribution in [-0.4, -0.2) is 37.9 Å². The van der Waals surface area contributed by atoms with E-state index in [2.05, 4.69) is 19.1 Å². The van der Waals surface area contributed by atoms with Crippen molar-refractivity contribution in [2.75, 3.05) is 25.2 Å². The number of alkyl halides is 1. The van der Waals surface area contributed by atoms with Crippen LogP contribution in [0.15, 0.2) is 24.3 Å². The second-order valence-electron chi connectivity index (χ2n) is 6.07. The first-order valence-corrected chi connectivity index (χ1v) is 9.86. The van der Waals surface area contributed by atoms with Crippen molar-refractivity contribution in [1.29, 1.82) is 0 Å². The first-order chi connectivity index (χ1) is 9.91. The van der Waals surface area contributed by atoms with Crippen LogP contribution >= 0.6 is 11.6 Å². The summed E-state index contributed by atoms with van der Waals surface area (Å²) in [5, 5.41) is 0. The minimum Gasteiger partial charge on any atom is -0.213 e. The highest BCUT2D eigenvalue weighted by Gasteiger charge is 2.28. The number of aryl methyl sites for hydroxylation is 1. The van der Waals surface area contributed by atoms with Crippen molar-refractivity contribution in [3.63, 3.8) is 0 Å². The number of piperidine rings is 1. The first-order valence-electron chi connectivity index (χ1n) is 7.48. The number of rotatable bonds is 5. The summed E-state index contributed by atoms with van der Waals surface area (Å²) in [6.45, 7) is 3.40. The summed E-state index contributed by atoms with van der Waals surface area (Å²) in [7, 11) is -3.07. The van der Waals surface area contributed by atoms with Crippen LogP contribution in [0.3, 0.4) is 0 Å². The molecule has 0 amide bonds. The van der Waals surface area contributed by atoms with Crippen LogP contribution in [0.1, 0.15) is 36.3 Å². The van der Waals surface area contributed by atoms with E-state index >= 15 is 0 Å². The average molecular weight is 330 g/mol. The molecule has 3 nitrogen and oxygen atoms in total. The zero-order chi connectivity index (χ0) is 15.5. The van der Waals surface area contributed by atoms with Gasteiger partial charge in [0.15, 0.2) is 0 Å². The molecule has 118 valence electrons. The molecule has 1 aromatic carbocycles. The van der Waals surface area contributed by atoms with Crippen molar-refractivity contribution in [2.24, 2.45) is 5.92 Å². The number of hydrogen-bond donors (Lipinski definition) is 0. The molecular formula is C16H24ClNO2S. The zero-order valence-corrected chi connectivity index (χ0v) is 14.3. The van der Waals surface area contributed by atoms with E-state index in [0.29, 0.717) is 30.8 Å². The molecule has 0 radical (unpaired) electrons. The number of halogens is 1. The van der Waals surface area contributed by atoms with Crippen LogP contribution in [-0.2, 0) is 10.0 Å². The van der Waals surface area contributed by atoms with Crippen molar-refractivity contribution in [3.05, 3.63) is 35.4 Å². The maximum absolute atomic E-state index is 11.7. The highest BCUT2D eigenvalue weighted by molar-refractivity contribution is 7.88. The van der Waals surface area contributed by atoms with Crippen molar-refractivity contribution in [2.45, 2.75) is 32.1 Å². The summed E-state index contributed by atoms with van der Waals surface area (Å²) in [4.78, 5) is 0. The Hall–Kier alpha value is -0.580. The molecule has 0 aliphatic carbocycles. The van der Waals surface area contributed by atoms with Crippen LogP contribution < -0.4 is 0 Å². The summed E-state index contributed by atoms with van der Waals surface area (Å²) in [5.41, 5.74) is 2.56. The molecule has 1 heterocycles. The molecule has 1 aromatic rings. The maximum atomic E-state index is 11.7. The van der Waals surface area contributed by atoms with Crippen LogP contribution in [0.4, 0.5) is 0 Å². The molecule has 0 N–H and O–H groups in total. The Balaban J connectivity index is 2.07. The third-order valence-corrected chi connectivity index (χ3v) is 6.03. The molecule has 1 saturated heterocycles. The third kappa shape index (κ3) is 4.44. The van der Waals surface area contributed by atoms with Gasteiger partial charge in [-0.25, -0.2) is 12.7 Å². The molecule has 2 rings (SSSR count). The van der Waals surface area contributed by atoms with E-state index in [1.165, 1.54) is 17.4 Å². The third-order valence-electron chi connectivity index (χ3n) is 4.38. The van der Waals surface area contributed by atoms with Crippen LogP contribution in [0.25, 0.3) is 0 Å². The van der Waals surface area contributed by atoms with Gasteiger partial charge in [-0.15, -0.1) is 11.6 Å². The quantitative estimate of drug-likeness (QED) is 0.777. The lowest BCUT2D eigenvalue weighted by Crippen LogP contribution is -2.39. The fourth-order valence-electron chi connectivity index (χ4n) is 3.24. The SMILES string of the molecule is Cc1ccccc1C(CCl)CC1CCCN(S(C)(=O)=O)C1. The van der Waals surface area contributed by atoms with Crippen molar-refractivity contribution in [3.8, 4) is 0 Å². The van der Waals surface area contributed by atoms with Crippen LogP contribution in [0.5, 0.6) is 0 Å². The van der Waals surface area contributed by atoms with E-state index in [1.54, 1.807) is 4.31 Å². The monoisotopic (exact) mass is 329 g/mol. The van der Waals surface area contributed by atoms with Crippen molar-refractivity contribution < 1.29 is 8.42 Å². The van der Waals surface area contributed by atoms with Crippen LogP contribution in [0, 0.1) is 12.8 Å². The summed E-state index contributed by atoms with van der Waals surface area (Å²) >= 11 is 6.19. The van der Waals surface area contributed by atoms with Gasteiger partial charge in [-0.1, -0.05) is 24.3 Å². The smallest absolute Gasteiger partial charge is 0.211 e. The second kappa shape index (κ2) is 7.12. The minimum atomic E-state index is -3.07. The fraction of sp³-hybridized carbons (Fsp3) is 0.625. The number of nitrogens with zero attached hydrogens (tertiary/aromatic N) is 1. The van der Waals surface area contributed by atoms with Gasteiger partial charge in [0, 0.05) is 19.0 Å².